The molecule has 0 spiro atoms. The van der Waals surface area contributed by atoms with Crippen LogP contribution in [0.1, 0.15) is 6.42 Å². The van der Waals surface area contributed by atoms with Crippen LogP contribution in [0.3, 0.4) is 0 Å². The van der Waals surface area contributed by atoms with E-state index in [2.05, 4.69) is 33.9 Å². The predicted octanol–water partition coefficient (Wildman–Crippen LogP) is 1.27. The van der Waals surface area contributed by atoms with E-state index < -0.39 is 0 Å². The van der Waals surface area contributed by atoms with Crippen LogP contribution in [0.2, 0.25) is 5.15 Å². The van der Waals surface area contributed by atoms with Gasteiger partial charge in [0.25, 0.3) is 0 Å². The first kappa shape index (κ1) is 10.6. The number of rotatable bonds is 2. The third-order valence-electron chi connectivity index (χ3n) is 2.83. The summed E-state index contributed by atoms with van der Waals surface area (Å²) in [6, 6.07) is 0.586. The van der Waals surface area contributed by atoms with E-state index in [9.17, 15) is 0 Å². The lowest BCUT2D eigenvalue weighted by Crippen LogP contribution is -2.31. The molecule has 4 nitrogen and oxygen atoms in total. The summed E-state index contributed by atoms with van der Waals surface area (Å²) >= 11 is 6.00. The fourth-order valence-corrected chi connectivity index (χ4v) is 2.11. The molecular weight excluding hydrogens is 212 g/mol. The maximum absolute atomic E-state index is 6.00. The minimum absolute atomic E-state index is 0.497. The molecule has 15 heavy (non-hydrogen) atoms. The molecule has 82 valence electrons. The number of halogens is 1. The number of aromatic nitrogens is 2. The molecule has 1 aliphatic rings. The van der Waals surface area contributed by atoms with Crippen molar-refractivity contribution in [3.8, 4) is 0 Å². The molecule has 0 bridgehead atoms. The lowest BCUT2D eigenvalue weighted by atomic mass is 10.2. The van der Waals surface area contributed by atoms with Gasteiger partial charge in [0.05, 0.1) is 0 Å². The Labute approximate surface area is 94.9 Å². The minimum Gasteiger partial charge on any atom is -0.352 e. The van der Waals surface area contributed by atoms with Crippen molar-refractivity contribution in [2.45, 2.75) is 12.5 Å². The van der Waals surface area contributed by atoms with E-state index in [0.29, 0.717) is 11.2 Å². The number of hydrogen-bond donors (Lipinski definition) is 0. The second kappa shape index (κ2) is 4.33. The first-order valence-corrected chi connectivity index (χ1v) is 5.44. The van der Waals surface area contributed by atoms with Gasteiger partial charge in [-0.3, -0.25) is 0 Å². The van der Waals surface area contributed by atoms with Crippen LogP contribution < -0.4 is 4.90 Å². The molecule has 1 aromatic rings. The van der Waals surface area contributed by atoms with Crippen molar-refractivity contribution in [1.82, 2.24) is 14.9 Å². The first-order chi connectivity index (χ1) is 7.18. The zero-order valence-electron chi connectivity index (χ0n) is 9.02. The van der Waals surface area contributed by atoms with Gasteiger partial charge in [-0.1, -0.05) is 11.6 Å². The summed E-state index contributed by atoms with van der Waals surface area (Å²) in [5.74, 6) is 0.809. The SMILES string of the molecule is CN(C)C1CCN(c2nccnc2Cl)C1. The van der Waals surface area contributed by atoms with Crippen LogP contribution in [-0.4, -0.2) is 48.1 Å². The summed E-state index contributed by atoms with van der Waals surface area (Å²) in [5, 5.41) is 0.497. The van der Waals surface area contributed by atoms with Crippen molar-refractivity contribution < 1.29 is 0 Å². The summed E-state index contributed by atoms with van der Waals surface area (Å²) < 4.78 is 0. The standard InChI is InChI=1S/C10H15ClN4/c1-14(2)8-3-6-15(7-8)10-9(11)12-4-5-13-10/h4-5,8H,3,6-7H2,1-2H3. The fourth-order valence-electron chi connectivity index (χ4n) is 1.88. The highest BCUT2D eigenvalue weighted by Crippen LogP contribution is 2.24. The third kappa shape index (κ3) is 2.21. The van der Waals surface area contributed by atoms with Crippen molar-refractivity contribution in [2.75, 3.05) is 32.1 Å². The highest BCUT2D eigenvalue weighted by atomic mass is 35.5. The zero-order valence-corrected chi connectivity index (χ0v) is 9.78. The van der Waals surface area contributed by atoms with Crippen molar-refractivity contribution in [2.24, 2.45) is 0 Å². The second-order valence-electron chi connectivity index (χ2n) is 4.02. The number of anilines is 1. The van der Waals surface area contributed by atoms with Crippen LogP contribution in [0.4, 0.5) is 5.82 Å². The summed E-state index contributed by atoms with van der Waals surface area (Å²) in [6.07, 6.45) is 4.45. The lowest BCUT2D eigenvalue weighted by molar-refractivity contribution is 0.315. The van der Waals surface area contributed by atoms with E-state index in [1.54, 1.807) is 12.4 Å². The molecule has 0 aliphatic carbocycles. The molecule has 0 aromatic carbocycles. The van der Waals surface area contributed by atoms with Gasteiger partial charge in [0.2, 0.25) is 0 Å². The van der Waals surface area contributed by atoms with Crippen LogP contribution in [-0.2, 0) is 0 Å². The molecule has 1 aromatic heterocycles. The first-order valence-electron chi connectivity index (χ1n) is 5.06. The lowest BCUT2D eigenvalue weighted by Gasteiger charge is -2.21. The Hall–Kier alpha value is -0.870. The quantitative estimate of drug-likeness (QED) is 0.761. The topological polar surface area (TPSA) is 32.3 Å². The van der Waals surface area contributed by atoms with Gasteiger partial charge in [-0.15, -0.1) is 0 Å². The molecule has 1 unspecified atom stereocenters. The van der Waals surface area contributed by atoms with Gasteiger partial charge in [0.15, 0.2) is 11.0 Å². The number of nitrogens with zero attached hydrogens (tertiary/aromatic N) is 4. The third-order valence-corrected chi connectivity index (χ3v) is 3.10. The van der Waals surface area contributed by atoms with Crippen molar-refractivity contribution >= 4 is 17.4 Å². The van der Waals surface area contributed by atoms with Gasteiger partial charge in [0.1, 0.15) is 0 Å². The Morgan fingerprint density at radius 1 is 1.40 bits per heavy atom. The van der Waals surface area contributed by atoms with E-state index in [1.807, 2.05) is 0 Å². The molecule has 1 fully saturated rings. The average molecular weight is 227 g/mol. The van der Waals surface area contributed by atoms with Crippen LogP contribution in [0, 0.1) is 0 Å². The summed E-state index contributed by atoms with van der Waals surface area (Å²) in [4.78, 5) is 12.7. The smallest absolute Gasteiger partial charge is 0.171 e. The summed E-state index contributed by atoms with van der Waals surface area (Å²) in [5.41, 5.74) is 0. The van der Waals surface area contributed by atoms with Crippen molar-refractivity contribution in [1.29, 1.82) is 0 Å². The van der Waals surface area contributed by atoms with Gasteiger partial charge >= 0.3 is 0 Å². The highest BCUT2D eigenvalue weighted by molar-refractivity contribution is 6.31. The van der Waals surface area contributed by atoms with Crippen molar-refractivity contribution in [3.63, 3.8) is 0 Å². The largest absolute Gasteiger partial charge is 0.352 e. The van der Waals surface area contributed by atoms with Crippen LogP contribution in [0.15, 0.2) is 12.4 Å². The van der Waals surface area contributed by atoms with Gasteiger partial charge in [-0.25, -0.2) is 9.97 Å². The molecule has 0 saturated carbocycles. The van der Waals surface area contributed by atoms with Crippen LogP contribution in [0.25, 0.3) is 0 Å². The average Bonchev–Trinajstić information content (AvgIpc) is 2.67. The Bertz CT molecular complexity index is 342. The van der Waals surface area contributed by atoms with Gasteiger partial charge in [0, 0.05) is 31.5 Å². The molecule has 0 amide bonds. The van der Waals surface area contributed by atoms with Gasteiger partial charge in [-0.2, -0.15) is 0 Å². The van der Waals surface area contributed by atoms with E-state index in [4.69, 9.17) is 11.6 Å². The van der Waals surface area contributed by atoms with E-state index >= 15 is 0 Å². The van der Waals surface area contributed by atoms with E-state index in [-0.39, 0.29) is 0 Å². The fraction of sp³-hybridized carbons (Fsp3) is 0.600. The maximum atomic E-state index is 6.00. The Kier molecular flexibility index (Phi) is 3.07. The molecule has 1 saturated heterocycles. The molecule has 1 aliphatic heterocycles. The monoisotopic (exact) mass is 226 g/mol. The molecule has 0 radical (unpaired) electrons. The van der Waals surface area contributed by atoms with Crippen LogP contribution in [0.5, 0.6) is 0 Å². The van der Waals surface area contributed by atoms with E-state index in [0.717, 1.165) is 25.3 Å². The molecule has 2 heterocycles. The van der Waals surface area contributed by atoms with Gasteiger partial charge < -0.3 is 9.80 Å². The summed E-state index contributed by atoms with van der Waals surface area (Å²) in [7, 11) is 4.21. The van der Waals surface area contributed by atoms with Gasteiger partial charge in [-0.05, 0) is 20.5 Å². The molecule has 1 atom stereocenters. The normalized spacial score (nSPS) is 21.3. The summed E-state index contributed by atoms with van der Waals surface area (Å²) in [6.45, 7) is 1.98. The molecule has 2 rings (SSSR count). The number of hydrogen-bond acceptors (Lipinski definition) is 4. The Balaban J connectivity index is 2.11. The molecule has 0 N–H and O–H groups in total. The zero-order chi connectivity index (χ0) is 10.8. The minimum atomic E-state index is 0.497. The Morgan fingerprint density at radius 3 is 2.73 bits per heavy atom. The van der Waals surface area contributed by atoms with Crippen molar-refractivity contribution in [3.05, 3.63) is 17.5 Å². The van der Waals surface area contributed by atoms with Crippen LogP contribution >= 0.6 is 11.6 Å². The number of likely N-dealkylation sites (N-methyl/N-ethyl adjacent to an activating group) is 1. The molecular formula is C10H15ClN4. The Morgan fingerprint density at radius 2 is 2.13 bits per heavy atom. The highest BCUT2D eigenvalue weighted by Gasteiger charge is 2.26. The van der Waals surface area contributed by atoms with E-state index in [1.165, 1.54) is 0 Å². The second-order valence-corrected chi connectivity index (χ2v) is 4.38. The predicted molar refractivity (Wildman–Crippen MR) is 61.3 cm³/mol. The molecule has 5 heteroatoms. The maximum Gasteiger partial charge on any atom is 0.171 e.